The van der Waals surface area contributed by atoms with E-state index in [1.165, 1.54) is 0 Å². The van der Waals surface area contributed by atoms with Crippen molar-refractivity contribution in [3.63, 3.8) is 0 Å². The highest BCUT2D eigenvalue weighted by Gasteiger charge is 2.12. The molecule has 2 aromatic rings. The minimum atomic E-state index is 0.586. The molecule has 6 heteroatoms. The Morgan fingerprint density at radius 1 is 1.53 bits per heavy atom. The molecule has 0 aromatic carbocycles. The van der Waals surface area contributed by atoms with Gasteiger partial charge in [0.05, 0.1) is 0 Å². The predicted molar refractivity (Wildman–Crippen MR) is 62.9 cm³/mol. The Labute approximate surface area is 99.8 Å². The minimum absolute atomic E-state index is 0.586. The number of likely N-dealkylation sites (N-methyl/N-ethyl adjacent to an activating group) is 1. The summed E-state index contributed by atoms with van der Waals surface area (Å²) in [5.41, 5.74) is 0. The van der Waals surface area contributed by atoms with Crippen LogP contribution in [-0.2, 0) is 6.42 Å². The summed E-state index contributed by atoms with van der Waals surface area (Å²) in [6.45, 7) is 0.841. The van der Waals surface area contributed by atoms with Gasteiger partial charge in [0.2, 0.25) is 5.89 Å². The predicted octanol–water partition coefficient (Wildman–Crippen LogP) is 2.32. The van der Waals surface area contributed by atoms with Crippen molar-refractivity contribution in [2.75, 3.05) is 13.6 Å². The molecule has 2 rings (SSSR count). The van der Waals surface area contributed by atoms with Crippen LogP contribution in [0.2, 0.25) is 0 Å². The van der Waals surface area contributed by atoms with Gasteiger partial charge in [0.25, 0.3) is 5.89 Å². The Bertz CT molecular complexity index is 440. The fraction of sp³-hybridized carbons (Fsp3) is 0.333. The Morgan fingerprint density at radius 3 is 3.07 bits per heavy atom. The molecular formula is C9H10BrN3OS. The van der Waals surface area contributed by atoms with Crippen molar-refractivity contribution in [2.45, 2.75) is 6.42 Å². The van der Waals surface area contributed by atoms with Crippen molar-refractivity contribution in [2.24, 2.45) is 0 Å². The van der Waals surface area contributed by atoms with Gasteiger partial charge in [-0.1, -0.05) is 0 Å². The number of hydrogen-bond acceptors (Lipinski definition) is 5. The lowest BCUT2D eigenvalue weighted by Gasteiger charge is -1.92. The smallest absolute Gasteiger partial charge is 0.258 e. The summed E-state index contributed by atoms with van der Waals surface area (Å²) in [5, 5.41) is 13.0. The molecular weight excluding hydrogens is 278 g/mol. The Morgan fingerprint density at radius 2 is 2.40 bits per heavy atom. The first-order valence-electron chi connectivity index (χ1n) is 4.51. The molecule has 0 unspecified atom stereocenters. The molecule has 0 atom stereocenters. The van der Waals surface area contributed by atoms with Gasteiger partial charge in [-0.3, -0.25) is 0 Å². The van der Waals surface area contributed by atoms with Crippen molar-refractivity contribution in [1.82, 2.24) is 15.5 Å². The van der Waals surface area contributed by atoms with Crippen LogP contribution in [0.15, 0.2) is 20.3 Å². The molecule has 80 valence electrons. The monoisotopic (exact) mass is 287 g/mol. The van der Waals surface area contributed by atoms with Gasteiger partial charge in [-0.2, -0.15) is 0 Å². The van der Waals surface area contributed by atoms with E-state index in [2.05, 4.69) is 31.4 Å². The van der Waals surface area contributed by atoms with E-state index in [0.29, 0.717) is 11.8 Å². The van der Waals surface area contributed by atoms with E-state index in [9.17, 15) is 0 Å². The van der Waals surface area contributed by atoms with Gasteiger partial charge >= 0.3 is 0 Å². The number of hydrogen-bond donors (Lipinski definition) is 1. The van der Waals surface area contributed by atoms with Crippen LogP contribution in [0.4, 0.5) is 0 Å². The van der Waals surface area contributed by atoms with Gasteiger partial charge in [-0.05, 0) is 34.4 Å². The molecule has 15 heavy (non-hydrogen) atoms. The lowest BCUT2D eigenvalue weighted by molar-refractivity contribution is 0.501. The second-order valence-electron chi connectivity index (χ2n) is 2.95. The van der Waals surface area contributed by atoms with Crippen molar-refractivity contribution in [1.29, 1.82) is 0 Å². The van der Waals surface area contributed by atoms with Crippen molar-refractivity contribution >= 4 is 27.3 Å². The third-order valence-corrected chi connectivity index (χ3v) is 3.69. The quantitative estimate of drug-likeness (QED) is 0.938. The van der Waals surface area contributed by atoms with E-state index in [1.54, 1.807) is 11.3 Å². The Kier molecular flexibility index (Phi) is 3.50. The molecule has 2 aromatic heterocycles. The number of aromatic nitrogens is 2. The summed E-state index contributed by atoms with van der Waals surface area (Å²) in [7, 11) is 1.90. The van der Waals surface area contributed by atoms with E-state index in [1.807, 2.05) is 18.5 Å². The normalized spacial score (nSPS) is 10.8. The third-order valence-electron chi connectivity index (χ3n) is 1.87. The highest BCUT2D eigenvalue weighted by molar-refractivity contribution is 9.10. The van der Waals surface area contributed by atoms with Gasteiger partial charge in [0.15, 0.2) is 0 Å². The van der Waals surface area contributed by atoms with Crippen molar-refractivity contribution < 1.29 is 4.42 Å². The second-order valence-corrected chi connectivity index (χ2v) is 4.72. The van der Waals surface area contributed by atoms with Gasteiger partial charge in [0.1, 0.15) is 4.88 Å². The van der Waals surface area contributed by atoms with Gasteiger partial charge in [0, 0.05) is 17.4 Å². The van der Waals surface area contributed by atoms with Gasteiger partial charge in [-0.25, -0.2) is 0 Å². The van der Waals surface area contributed by atoms with Crippen LogP contribution in [0.3, 0.4) is 0 Å². The van der Waals surface area contributed by atoms with Crippen LogP contribution in [0.1, 0.15) is 5.89 Å². The maximum absolute atomic E-state index is 5.53. The molecule has 0 aliphatic carbocycles. The zero-order valence-corrected chi connectivity index (χ0v) is 10.6. The van der Waals surface area contributed by atoms with E-state index in [-0.39, 0.29) is 0 Å². The molecule has 0 bridgehead atoms. The second kappa shape index (κ2) is 4.87. The van der Waals surface area contributed by atoms with E-state index in [0.717, 1.165) is 22.3 Å². The summed E-state index contributed by atoms with van der Waals surface area (Å²) < 4.78 is 6.53. The third kappa shape index (κ3) is 2.45. The van der Waals surface area contributed by atoms with Crippen LogP contribution >= 0.6 is 27.3 Å². The average molecular weight is 288 g/mol. The Hall–Kier alpha value is -0.720. The molecule has 0 fully saturated rings. The molecule has 1 N–H and O–H groups in total. The van der Waals surface area contributed by atoms with Crippen LogP contribution in [-0.4, -0.2) is 23.8 Å². The van der Waals surface area contributed by atoms with Gasteiger partial charge < -0.3 is 9.73 Å². The fourth-order valence-electron chi connectivity index (χ4n) is 1.12. The van der Waals surface area contributed by atoms with Crippen molar-refractivity contribution in [3.05, 3.63) is 21.8 Å². The number of nitrogens with zero attached hydrogens (tertiary/aromatic N) is 2. The number of nitrogens with one attached hydrogen (secondary N) is 1. The van der Waals surface area contributed by atoms with Gasteiger partial charge in [-0.15, -0.1) is 21.5 Å². The van der Waals surface area contributed by atoms with E-state index >= 15 is 0 Å². The first kappa shape index (κ1) is 10.8. The van der Waals surface area contributed by atoms with Crippen LogP contribution in [0, 0.1) is 0 Å². The SMILES string of the molecule is CNCCc1nnc(-c2sccc2Br)o1. The van der Waals surface area contributed by atoms with Crippen LogP contribution in [0.25, 0.3) is 10.8 Å². The molecule has 0 radical (unpaired) electrons. The van der Waals surface area contributed by atoms with Crippen molar-refractivity contribution in [3.8, 4) is 10.8 Å². The zero-order valence-electron chi connectivity index (χ0n) is 8.16. The summed E-state index contributed by atoms with van der Waals surface area (Å²) in [5.74, 6) is 1.25. The largest absolute Gasteiger partial charge is 0.420 e. The minimum Gasteiger partial charge on any atom is -0.420 e. The molecule has 4 nitrogen and oxygen atoms in total. The van der Waals surface area contributed by atoms with Crippen LogP contribution < -0.4 is 5.32 Å². The molecule has 0 aliphatic heterocycles. The van der Waals surface area contributed by atoms with Crippen LogP contribution in [0.5, 0.6) is 0 Å². The average Bonchev–Trinajstić information content (AvgIpc) is 2.83. The molecule has 0 amide bonds. The highest BCUT2D eigenvalue weighted by atomic mass is 79.9. The van der Waals surface area contributed by atoms with E-state index < -0.39 is 0 Å². The number of halogens is 1. The fourth-order valence-corrected chi connectivity index (χ4v) is 2.59. The summed E-state index contributed by atoms with van der Waals surface area (Å²) in [4.78, 5) is 0.984. The molecule has 2 heterocycles. The summed E-state index contributed by atoms with van der Waals surface area (Å²) in [6.07, 6.45) is 0.756. The first-order valence-corrected chi connectivity index (χ1v) is 6.19. The number of rotatable bonds is 4. The standard InChI is InChI=1S/C9H10BrN3OS/c1-11-4-2-7-12-13-9(14-7)8-6(10)3-5-15-8/h3,5,11H,2,4H2,1H3. The molecule has 0 aliphatic rings. The first-order chi connectivity index (χ1) is 7.31. The lowest BCUT2D eigenvalue weighted by atomic mass is 10.4. The molecule has 0 saturated carbocycles. The summed E-state index contributed by atoms with van der Waals surface area (Å²) in [6, 6.07) is 1.97. The topological polar surface area (TPSA) is 51.0 Å². The summed E-state index contributed by atoms with van der Waals surface area (Å²) >= 11 is 5.02. The zero-order chi connectivity index (χ0) is 10.7. The maximum atomic E-state index is 5.53. The number of thiophene rings is 1. The van der Waals surface area contributed by atoms with E-state index in [4.69, 9.17) is 4.42 Å². The lowest BCUT2D eigenvalue weighted by Crippen LogP contribution is -2.10. The highest BCUT2D eigenvalue weighted by Crippen LogP contribution is 2.32. The Balaban J connectivity index is 2.17. The maximum Gasteiger partial charge on any atom is 0.258 e. The molecule has 0 spiro atoms. The molecule has 0 saturated heterocycles.